The topological polar surface area (TPSA) is 71.0 Å². The second-order valence-corrected chi connectivity index (χ2v) is 6.63. The van der Waals surface area contributed by atoms with Gasteiger partial charge in [-0.1, -0.05) is 22.9 Å². The van der Waals surface area contributed by atoms with Crippen molar-refractivity contribution in [3.63, 3.8) is 0 Å². The van der Waals surface area contributed by atoms with Gasteiger partial charge in [-0.3, -0.25) is 4.79 Å². The molecule has 1 aliphatic heterocycles. The van der Waals surface area contributed by atoms with Crippen molar-refractivity contribution in [3.05, 3.63) is 16.5 Å². The Morgan fingerprint density at radius 2 is 2.24 bits per heavy atom. The summed E-state index contributed by atoms with van der Waals surface area (Å²) in [6.07, 6.45) is 3.62. The number of piperidine rings is 1. The molecule has 0 bridgehead atoms. The maximum Gasteiger partial charge on any atom is 0.280 e. The number of nitrogens with one attached hydrogen (secondary N) is 1. The molecule has 0 atom stereocenters. The minimum absolute atomic E-state index is 0.159. The predicted molar refractivity (Wildman–Crippen MR) is 82.8 cm³/mol. The lowest BCUT2D eigenvalue weighted by Crippen LogP contribution is -2.36. The normalized spacial score (nSPS) is 17.2. The first-order chi connectivity index (χ1) is 10.1. The zero-order chi connectivity index (χ0) is 14.8. The summed E-state index contributed by atoms with van der Waals surface area (Å²) < 4.78 is 0. The molecule has 0 saturated carbocycles. The van der Waals surface area contributed by atoms with Crippen LogP contribution in [0.25, 0.3) is 10.3 Å². The van der Waals surface area contributed by atoms with Crippen LogP contribution in [-0.4, -0.2) is 52.4 Å². The lowest BCUT2D eigenvalue weighted by atomic mass is 9.97. The average molecular weight is 326 g/mol. The number of carbonyl (C=O) groups is 1. The Morgan fingerprint density at radius 1 is 1.48 bits per heavy atom. The SMILES string of the molecule is CN1CCC(CNC(=O)c2nc3c(Cl)ncnc3s2)CC1. The Labute approximate surface area is 131 Å². The van der Waals surface area contributed by atoms with E-state index < -0.39 is 0 Å². The predicted octanol–water partition coefficient (Wildman–Crippen LogP) is 1.81. The van der Waals surface area contributed by atoms with Gasteiger partial charge in [0.15, 0.2) is 10.2 Å². The molecule has 0 spiro atoms. The van der Waals surface area contributed by atoms with Crippen LogP contribution in [0.4, 0.5) is 0 Å². The molecule has 3 rings (SSSR count). The van der Waals surface area contributed by atoms with Gasteiger partial charge < -0.3 is 10.2 Å². The van der Waals surface area contributed by atoms with E-state index in [1.165, 1.54) is 17.7 Å². The van der Waals surface area contributed by atoms with Gasteiger partial charge in [-0.05, 0) is 38.9 Å². The summed E-state index contributed by atoms with van der Waals surface area (Å²) in [6, 6.07) is 0. The van der Waals surface area contributed by atoms with Crippen LogP contribution in [0.2, 0.25) is 5.15 Å². The average Bonchev–Trinajstić information content (AvgIpc) is 2.92. The van der Waals surface area contributed by atoms with E-state index in [1.54, 1.807) is 0 Å². The molecule has 0 unspecified atom stereocenters. The number of hydrogen-bond acceptors (Lipinski definition) is 6. The third-order valence-electron chi connectivity index (χ3n) is 3.73. The summed E-state index contributed by atoms with van der Waals surface area (Å²) in [6.45, 7) is 2.88. The lowest BCUT2D eigenvalue weighted by molar-refractivity contribution is 0.0939. The van der Waals surface area contributed by atoms with Gasteiger partial charge >= 0.3 is 0 Å². The fourth-order valence-electron chi connectivity index (χ4n) is 2.40. The van der Waals surface area contributed by atoms with E-state index >= 15 is 0 Å². The highest BCUT2D eigenvalue weighted by Gasteiger charge is 2.19. The second kappa shape index (κ2) is 6.21. The number of thiazole rings is 1. The molecular formula is C13H16ClN5OS. The Morgan fingerprint density at radius 3 is 2.95 bits per heavy atom. The number of amides is 1. The number of aromatic nitrogens is 3. The molecule has 1 saturated heterocycles. The largest absolute Gasteiger partial charge is 0.350 e. The maximum atomic E-state index is 12.2. The van der Waals surface area contributed by atoms with Crippen LogP contribution in [-0.2, 0) is 0 Å². The van der Waals surface area contributed by atoms with Crippen molar-refractivity contribution >= 4 is 39.2 Å². The zero-order valence-electron chi connectivity index (χ0n) is 11.7. The monoisotopic (exact) mass is 325 g/mol. The van der Waals surface area contributed by atoms with Gasteiger partial charge in [-0.25, -0.2) is 15.0 Å². The van der Waals surface area contributed by atoms with Crippen LogP contribution in [0.3, 0.4) is 0 Å². The molecule has 0 aliphatic carbocycles. The lowest BCUT2D eigenvalue weighted by Gasteiger charge is -2.28. The number of likely N-dealkylation sites (tertiary alicyclic amines) is 1. The first kappa shape index (κ1) is 14.6. The van der Waals surface area contributed by atoms with E-state index in [9.17, 15) is 4.79 Å². The minimum Gasteiger partial charge on any atom is -0.350 e. The molecule has 1 amide bonds. The molecule has 8 heteroatoms. The standard InChI is InChI=1S/C13H16ClN5OS/c1-19-4-2-8(3-5-19)6-15-11(20)13-18-9-10(14)16-7-17-12(9)21-13/h7-8H,2-6H2,1H3,(H,15,20). The molecule has 2 aromatic rings. The highest BCUT2D eigenvalue weighted by atomic mass is 35.5. The third kappa shape index (κ3) is 3.30. The van der Waals surface area contributed by atoms with Crippen molar-refractivity contribution in [1.29, 1.82) is 0 Å². The Kier molecular flexibility index (Phi) is 4.32. The van der Waals surface area contributed by atoms with Gasteiger partial charge in [0.2, 0.25) is 0 Å². The maximum absolute atomic E-state index is 12.2. The number of hydrogen-bond donors (Lipinski definition) is 1. The molecule has 1 fully saturated rings. The number of rotatable bonds is 3. The van der Waals surface area contributed by atoms with Gasteiger partial charge in [-0.15, -0.1) is 0 Å². The van der Waals surface area contributed by atoms with Crippen LogP contribution in [0.5, 0.6) is 0 Å². The molecule has 2 aromatic heterocycles. The van der Waals surface area contributed by atoms with Crippen molar-refractivity contribution in [1.82, 2.24) is 25.2 Å². The molecule has 0 aromatic carbocycles. The molecule has 112 valence electrons. The molecule has 6 nitrogen and oxygen atoms in total. The van der Waals surface area contributed by atoms with Gasteiger partial charge in [-0.2, -0.15) is 0 Å². The Balaban J connectivity index is 1.63. The van der Waals surface area contributed by atoms with Gasteiger partial charge in [0.05, 0.1) is 0 Å². The number of fused-ring (bicyclic) bond motifs is 1. The summed E-state index contributed by atoms with van der Waals surface area (Å²) in [5.74, 6) is 0.385. The molecular weight excluding hydrogens is 310 g/mol. The molecule has 21 heavy (non-hydrogen) atoms. The van der Waals surface area contributed by atoms with Crippen molar-refractivity contribution < 1.29 is 4.79 Å². The Hall–Kier alpha value is -1.31. The van der Waals surface area contributed by atoms with Gasteiger partial charge in [0, 0.05) is 6.54 Å². The van der Waals surface area contributed by atoms with Crippen LogP contribution in [0, 0.1) is 5.92 Å². The van der Waals surface area contributed by atoms with Gasteiger partial charge in [0.1, 0.15) is 16.7 Å². The van der Waals surface area contributed by atoms with E-state index in [0.717, 1.165) is 25.9 Å². The number of carbonyl (C=O) groups excluding carboxylic acids is 1. The first-order valence-corrected chi connectivity index (χ1v) is 8.06. The zero-order valence-corrected chi connectivity index (χ0v) is 13.2. The van der Waals surface area contributed by atoms with Crippen LogP contribution in [0.15, 0.2) is 6.33 Å². The minimum atomic E-state index is -0.159. The third-order valence-corrected chi connectivity index (χ3v) is 4.97. The van der Waals surface area contributed by atoms with Crippen LogP contribution < -0.4 is 5.32 Å². The highest BCUT2D eigenvalue weighted by molar-refractivity contribution is 7.19. The molecule has 0 radical (unpaired) electrons. The first-order valence-electron chi connectivity index (χ1n) is 6.87. The van der Waals surface area contributed by atoms with E-state index in [2.05, 4.69) is 32.2 Å². The quantitative estimate of drug-likeness (QED) is 0.871. The second-order valence-electron chi connectivity index (χ2n) is 5.29. The van der Waals surface area contributed by atoms with Crippen molar-refractivity contribution in [2.45, 2.75) is 12.8 Å². The van der Waals surface area contributed by atoms with E-state index in [4.69, 9.17) is 11.6 Å². The van der Waals surface area contributed by atoms with E-state index in [-0.39, 0.29) is 11.1 Å². The van der Waals surface area contributed by atoms with Crippen molar-refractivity contribution in [2.24, 2.45) is 5.92 Å². The van der Waals surface area contributed by atoms with Crippen LogP contribution in [0.1, 0.15) is 22.6 Å². The summed E-state index contributed by atoms with van der Waals surface area (Å²) in [5.41, 5.74) is 0.494. The summed E-state index contributed by atoms with van der Waals surface area (Å²) in [4.78, 5) is 27.3. The summed E-state index contributed by atoms with van der Waals surface area (Å²) in [5, 5.41) is 3.64. The summed E-state index contributed by atoms with van der Waals surface area (Å²) in [7, 11) is 2.13. The molecule has 3 heterocycles. The number of nitrogens with zero attached hydrogens (tertiary/aromatic N) is 4. The Bertz CT molecular complexity index is 653. The van der Waals surface area contributed by atoms with Crippen molar-refractivity contribution in [2.75, 3.05) is 26.7 Å². The fourth-order valence-corrected chi connectivity index (χ4v) is 3.46. The van der Waals surface area contributed by atoms with E-state index in [0.29, 0.717) is 27.8 Å². The molecule has 1 aliphatic rings. The fraction of sp³-hybridized carbons (Fsp3) is 0.538. The number of halogens is 1. The smallest absolute Gasteiger partial charge is 0.280 e. The molecule has 1 N–H and O–H groups in total. The van der Waals surface area contributed by atoms with Crippen molar-refractivity contribution in [3.8, 4) is 0 Å². The summed E-state index contributed by atoms with van der Waals surface area (Å²) >= 11 is 7.18. The highest BCUT2D eigenvalue weighted by Crippen LogP contribution is 2.24. The van der Waals surface area contributed by atoms with E-state index in [1.807, 2.05) is 0 Å². The van der Waals surface area contributed by atoms with Gasteiger partial charge in [0.25, 0.3) is 5.91 Å². The van der Waals surface area contributed by atoms with Crippen LogP contribution >= 0.6 is 22.9 Å².